The Morgan fingerprint density at radius 1 is 0.941 bits per heavy atom. The number of aromatic amines is 1. The van der Waals surface area contributed by atoms with E-state index in [0.717, 1.165) is 22.0 Å². The van der Waals surface area contributed by atoms with Crippen LogP contribution in [0.4, 0.5) is 4.79 Å². The Kier molecular flexibility index (Phi) is 8.39. The van der Waals surface area contributed by atoms with Crippen LogP contribution in [0.5, 0.6) is 0 Å². The maximum absolute atomic E-state index is 13.1. The Balaban J connectivity index is 1.77. The van der Waals surface area contributed by atoms with Gasteiger partial charge in [0.25, 0.3) is 0 Å². The summed E-state index contributed by atoms with van der Waals surface area (Å²) in [5.41, 5.74) is 2.43. The summed E-state index contributed by atoms with van der Waals surface area (Å²) in [6.45, 7) is 2.85. The van der Waals surface area contributed by atoms with Gasteiger partial charge in [0.1, 0.15) is 12.6 Å². The molecule has 34 heavy (non-hydrogen) atoms. The number of para-hydroxylation sites is 1. The number of ether oxygens (including phenoxy) is 2. The van der Waals surface area contributed by atoms with Gasteiger partial charge in [-0.2, -0.15) is 0 Å². The number of fused-ring (bicyclic) bond motifs is 1. The van der Waals surface area contributed by atoms with E-state index in [1.807, 2.05) is 42.5 Å². The molecule has 0 bridgehead atoms. The third-order valence-corrected chi connectivity index (χ3v) is 5.14. The van der Waals surface area contributed by atoms with E-state index in [4.69, 9.17) is 9.47 Å². The topological polar surface area (TPSA) is 127 Å². The normalized spacial score (nSPS) is 12.4. The van der Waals surface area contributed by atoms with Crippen LogP contribution in [0.15, 0.2) is 60.8 Å². The third-order valence-electron chi connectivity index (χ3n) is 5.14. The number of alkyl carbamates (subject to hydrolysis) is 1. The first kappa shape index (κ1) is 24.5. The molecule has 1 aromatic heterocycles. The summed E-state index contributed by atoms with van der Waals surface area (Å²) in [6, 6.07) is 14.0. The highest BCUT2D eigenvalue weighted by molar-refractivity contribution is 6.05. The Labute approximate surface area is 196 Å². The summed E-state index contributed by atoms with van der Waals surface area (Å²) < 4.78 is 10.1. The minimum Gasteiger partial charge on any atom is -0.464 e. The predicted octanol–water partition coefficient (Wildman–Crippen LogP) is 2.64. The molecule has 0 aliphatic carbocycles. The maximum atomic E-state index is 13.1. The first-order chi connectivity index (χ1) is 16.4. The largest absolute Gasteiger partial charge is 0.464 e. The van der Waals surface area contributed by atoms with E-state index in [-0.39, 0.29) is 19.6 Å². The number of carbonyl (C=O) groups is 4. The molecule has 178 valence electrons. The average Bonchev–Trinajstić information content (AvgIpc) is 3.24. The van der Waals surface area contributed by atoms with Gasteiger partial charge in [0.15, 0.2) is 11.8 Å². The summed E-state index contributed by atoms with van der Waals surface area (Å²) in [5.74, 6) is -2.15. The van der Waals surface area contributed by atoms with Crippen LogP contribution in [0.2, 0.25) is 0 Å². The number of carbonyl (C=O) groups excluding carboxylic acids is 4. The van der Waals surface area contributed by atoms with E-state index in [9.17, 15) is 19.2 Å². The van der Waals surface area contributed by atoms with Crippen LogP contribution < -0.4 is 10.6 Å². The molecule has 0 fully saturated rings. The number of benzene rings is 2. The zero-order valence-corrected chi connectivity index (χ0v) is 19.0. The molecule has 0 radical (unpaired) electrons. The molecular formula is C25H27N3O6. The molecule has 0 aliphatic rings. The number of hydrogen-bond donors (Lipinski definition) is 3. The highest BCUT2D eigenvalue weighted by atomic mass is 16.5. The fraction of sp³-hybridized carbons (Fsp3) is 0.280. The molecule has 1 heterocycles. The Hall–Kier alpha value is -4.14. The quantitative estimate of drug-likeness (QED) is 0.312. The van der Waals surface area contributed by atoms with Crippen molar-refractivity contribution in [2.75, 3.05) is 6.61 Å². The zero-order chi connectivity index (χ0) is 24.5. The highest BCUT2D eigenvalue weighted by Gasteiger charge is 2.31. The molecule has 3 N–H and O–H groups in total. The van der Waals surface area contributed by atoms with Crippen LogP contribution in [-0.4, -0.2) is 47.4 Å². The van der Waals surface area contributed by atoms with Gasteiger partial charge in [0, 0.05) is 23.5 Å². The van der Waals surface area contributed by atoms with Crippen molar-refractivity contribution in [1.82, 2.24) is 15.6 Å². The van der Waals surface area contributed by atoms with E-state index in [0.29, 0.717) is 0 Å². The van der Waals surface area contributed by atoms with Crippen LogP contribution in [0, 0.1) is 0 Å². The number of Topliss-reactive ketones (excluding diaryl/α,β-unsaturated/α-hetero) is 1. The van der Waals surface area contributed by atoms with Crippen LogP contribution in [0.1, 0.15) is 25.0 Å². The lowest BCUT2D eigenvalue weighted by atomic mass is 10.0. The van der Waals surface area contributed by atoms with Crippen molar-refractivity contribution in [2.24, 2.45) is 0 Å². The Bertz CT molecular complexity index is 1160. The molecule has 9 heteroatoms. The first-order valence-electron chi connectivity index (χ1n) is 10.9. The molecule has 2 amide bonds. The minimum absolute atomic E-state index is 0.0208. The first-order valence-corrected chi connectivity index (χ1v) is 10.9. The molecule has 9 nitrogen and oxygen atoms in total. The molecule has 2 atom stereocenters. The van der Waals surface area contributed by atoms with Crippen molar-refractivity contribution in [2.45, 2.75) is 39.0 Å². The van der Waals surface area contributed by atoms with Crippen LogP contribution >= 0.6 is 0 Å². The van der Waals surface area contributed by atoms with Crippen molar-refractivity contribution in [3.63, 3.8) is 0 Å². The fourth-order valence-corrected chi connectivity index (χ4v) is 3.43. The molecule has 0 saturated carbocycles. The van der Waals surface area contributed by atoms with E-state index >= 15 is 0 Å². The lowest BCUT2D eigenvalue weighted by Gasteiger charge is -2.21. The van der Waals surface area contributed by atoms with Crippen LogP contribution in [0.25, 0.3) is 10.9 Å². The third kappa shape index (κ3) is 6.44. The van der Waals surface area contributed by atoms with Gasteiger partial charge in [-0.15, -0.1) is 0 Å². The summed E-state index contributed by atoms with van der Waals surface area (Å²) in [5, 5.41) is 5.83. The van der Waals surface area contributed by atoms with Crippen molar-refractivity contribution < 1.29 is 28.7 Å². The number of esters is 1. The second kappa shape index (κ2) is 11.6. The Morgan fingerprint density at radius 3 is 2.35 bits per heavy atom. The summed E-state index contributed by atoms with van der Waals surface area (Å²) in [7, 11) is 0. The van der Waals surface area contributed by atoms with Gasteiger partial charge in [-0.3, -0.25) is 9.59 Å². The lowest BCUT2D eigenvalue weighted by Crippen LogP contribution is -2.54. The zero-order valence-electron chi connectivity index (χ0n) is 19.0. The average molecular weight is 466 g/mol. The van der Waals surface area contributed by atoms with Gasteiger partial charge in [-0.05, 0) is 31.0 Å². The number of ketones is 1. The summed E-state index contributed by atoms with van der Waals surface area (Å²) >= 11 is 0. The van der Waals surface area contributed by atoms with Crippen molar-refractivity contribution in [1.29, 1.82) is 0 Å². The second-order valence-electron chi connectivity index (χ2n) is 7.63. The molecular weight excluding hydrogens is 438 g/mol. The van der Waals surface area contributed by atoms with Gasteiger partial charge in [-0.25, -0.2) is 9.59 Å². The second-order valence-corrected chi connectivity index (χ2v) is 7.63. The number of amides is 2. The number of rotatable bonds is 10. The molecule has 1 unspecified atom stereocenters. The fourth-order valence-electron chi connectivity index (χ4n) is 3.43. The number of H-pyrrole nitrogens is 1. The van der Waals surface area contributed by atoms with E-state index in [1.54, 1.807) is 25.3 Å². The molecule has 3 rings (SSSR count). The summed E-state index contributed by atoms with van der Waals surface area (Å²) in [4.78, 5) is 52.8. The summed E-state index contributed by atoms with van der Waals surface area (Å²) in [6.07, 6.45) is 1.04. The van der Waals surface area contributed by atoms with Crippen LogP contribution in [-0.2, 0) is 36.9 Å². The monoisotopic (exact) mass is 465 g/mol. The van der Waals surface area contributed by atoms with Gasteiger partial charge in [0.2, 0.25) is 5.91 Å². The Morgan fingerprint density at radius 2 is 1.65 bits per heavy atom. The predicted molar refractivity (Wildman–Crippen MR) is 125 cm³/mol. The van der Waals surface area contributed by atoms with Crippen molar-refractivity contribution in [3.05, 3.63) is 71.9 Å². The number of aromatic nitrogens is 1. The standard InChI is InChI=1S/C25H27N3O6/c1-3-33-24(31)22(16(2)29)28-23(30)21(13-18-14-26-20-12-8-7-11-19(18)20)27-25(32)34-15-17-9-5-4-6-10-17/h4-12,14,21-22,26H,3,13,15H2,1-2H3,(H,27,32)(H,28,30)/t21-,22?/m1/s1. The highest BCUT2D eigenvalue weighted by Crippen LogP contribution is 2.19. The van der Waals surface area contributed by atoms with E-state index in [2.05, 4.69) is 15.6 Å². The van der Waals surface area contributed by atoms with Crippen molar-refractivity contribution in [3.8, 4) is 0 Å². The van der Waals surface area contributed by atoms with Gasteiger partial charge >= 0.3 is 12.1 Å². The molecule has 0 saturated heterocycles. The minimum atomic E-state index is -1.47. The molecule has 3 aromatic rings. The molecule has 0 spiro atoms. The van der Waals surface area contributed by atoms with Gasteiger partial charge in [-0.1, -0.05) is 48.5 Å². The number of hydrogen-bond acceptors (Lipinski definition) is 6. The van der Waals surface area contributed by atoms with Crippen LogP contribution in [0.3, 0.4) is 0 Å². The molecule has 2 aromatic carbocycles. The van der Waals surface area contributed by atoms with E-state index in [1.165, 1.54) is 6.92 Å². The van der Waals surface area contributed by atoms with Crippen molar-refractivity contribution >= 4 is 34.7 Å². The van der Waals surface area contributed by atoms with Gasteiger partial charge in [0.05, 0.1) is 6.61 Å². The maximum Gasteiger partial charge on any atom is 0.408 e. The lowest BCUT2D eigenvalue weighted by molar-refractivity contribution is -0.150. The number of nitrogens with one attached hydrogen (secondary N) is 3. The van der Waals surface area contributed by atoms with E-state index < -0.39 is 35.8 Å². The van der Waals surface area contributed by atoms with Gasteiger partial charge < -0.3 is 25.1 Å². The smallest absolute Gasteiger partial charge is 0.408 e. The molecule has 0 aliphatic heterocycles. The SMILES string of the molecule is CCOC(=O)C(NC(=O)[C@@H](Cc1c[nH]c2ccccc12)NC(=O)OCc1ccccc1)C(C)=O.